The lowest BCUT2D eigenvalue weighted by Crippen LogP contribution is -2.34. The van der Waals surface area contributed by atoms with E-state index in [0.29, 0.717) is 17.9 Å². The summed E-state index contributed by atoms with van der Waals surface area (Å²) < 4.78 is 10.3. The summed E-state index contributed by atoms with van der Waals surface area (Å²) >= 11 is 0. The molecule has 0 spiro atoms. The highest BCUT2D eigenvalue weighted by atomic mass is 16.5. The largest absolute Gasteiger partial charge is 0.493 e. The van der Waals surface area contributed by atoms with Gasteiger partial charge in [0.25, 0.3) is 11.8 Å². The molecule has 2 aromatic rings. The highest BCUT2D eigenvalue weighted by molar-refractivity contribution is 5.98. The van der Waals surface area contributed by atoms with E-state index in [9.17, 15) is 14.4 Å². The van der Waals surface area contributed by atoms with Crippen molar-refractivity contribution in [2.75, 3.05) is 19.8 Å². The molecule has 0 fully saturated rings. The average molecular weight is 412 g/mol. The van der Waals surface area contributed by atoms with Crippen molar-refractivity contribution >= 4 is 17.8 Å². The molecule has 0 heterocycles. The molecule has 0 aromatic heterocycles. The minimum Gasteiger partial charge on any atom is -0.493 e. The number of aryl methyl sites for hydroxylation is 1. The van der Waals surface area contributed by atoms with Crippen molar-refractivity contribution < 1.29 is 23.9 Å². The highest BCUT2D eigenvalue weighted by Gasteiger charge is 2.15. The molecular weight excluding hydrogens is 384 g/mol. The molecule has 2 amide bonds. The normalized spacial score (nSPS) is 11.3. The summed E-state index contributed by atoms with van der Waals surface area (Å²) in [7, 11) is 0. The maximum absolute atomic E-state index is 12.3. The first-order valence-electron chi connectivity index (χ1n) is 9.98. The lowest BCUT2D eigenvalue weighted by Gasteiger charge is -2.15. The first-order chi connectivity index (χ1) is 14.4. The quantitative estimate of drug-likeness (QED) is 0.586. The summed E-state index contributed by atoms with van der Waals surface area (Å²) in [6.07, 6.45) is 0.949. The Morgan fingerprint density at radius 3 is 2.37 bits per heavy atom. The zero-order chi connectivity index (χ0) is 21.9. The molecule has 1 atom stereocenters. The van der Waals surface area contributed by atoms with E-state index in [1.54, 1.807) is 24.3 Å². The van der Waals surface area contributed by atoms with Crippen molar-refractivity contribution in [3.63, 3.8) is 0 Å². The number of carbonyl (C=O) groups is 3. The van der Waals surface area contributed by atoms with Crippen LogP contribution in [0.1, 0.15) is 48.3 Å². The number of carbonyl (C=O) groups excluding carboxylic acids is 3. The molecule has 7 heteroatoms. The third-order valence-electron chi connectivity index (χ3n) is 4.45. The summed E-state index contributed by atoms with van der Waals surface area (Å²) in [5.74, 6) is -1.13. The fraction of sp³-hybridized carbons (Fsp3) is 0.348. The van der Waals surface area contributed by atoms with Crippen molar-refractivity contribution in [3.05, 3.63) is 65.2 Å². The Labute approximate surface area is 176 Å². The Hall–Kier alpha value is -3.35. The minimum absolute atomic E-state index is 0.211. The van der Waals surface area contributed by atoms with Gasteiger partial charge in [0.1, 0.15) is 12.3 Å². The van der Waals surface area contributed by atoms with Gasteiger partial charge in [-0.1, -0.05) is 43.3 Å². The lowest BCUT2D eigenvalue weighted by molar-refractivity contribution is -0.147. The van der Waals surface area contributed by atoms with E-state index in [1.807, 2.05) is 38.1 Å². The third kappa shape index (κ3) is 6.92. The molecule has 2 rings (SSSR count). The van der Waals surface area contributed by atoms with Crippen LogP contribution in [0.15, 0.2) is 48.5 Å². The van der Waals surface area contributed by atoms with Gasteiger partial charge in [-0.25, -0.2) is 0 Å². The Morgan fingerprint density at radius 2 is 1.70 bits per heavy atom. The summed E-state index contributed by atoms with van der Waals surface area (Å²) in [6, 6.07) is 14.5. The van der Waals surface area contributed by atoms with E-state index in [2.05, 4.69) is 17.6 Å². The van der Waals surface area contributed by atoms with Crippen LogP contribution in [0.5, 0.6) is 5.75 Å². The number of rotatable bonds is 10. The number of ether oxygens (including phenoxy) is 2. The summed E-state index contributed by atoms with van der Waals surface area (Å²) in [5.41, 5.74) is 2.51. The van der Waals surface area contributed by atoms with E-state index in [1.165, 1.54) is 5.56 Å². The van der Waals surface area contributed by atoms with E-state index in [-0.39, 0.29) is 12.6 Å². The van der Waals surface area contributed by atoms with Crippen molar-refractivity contribution in [1.29, 1.82) is 0 Å². The Kier molecular flexibility index (Phi) is 8.87. The molecule has 0 aliphatic heterocycles. The molecule has 0 saturated carbocycles. The van der Waals surface area contributed by atoms with E-state index in [0.717, 1.165) is 12.0 Å². The molecule has 0 unspecified atom stereocenters. The average Bonchev–Trinajstić information content (AvgIpc) is 2.76. The second kappa shape index (κ2) is 11.6. The maximum Gasteiger partial charge on any atom is 0.325 e. The van der Waals surface area contributed by atoms with Crippen LogP contribution in [-0.4, -0.2) is 37.5 Å². The molecule has 2 N–H and O–H groups in total. The standard InChI is InChI=1S/C23H28N2O5/c1-4-17-10-12-18(13-11-17)16(3)25-21(26)15-30-22(27)14-24-23(28)19-8-6-7-9-20(19)29-5-2/h6-13,16H,4-5,14-15H2,1-3H3,(H,24,28)(H,25,26)/t16-/m1/s1. The Bertz CT molecular complexity index is 864. The zero-order valence-electron chi connectivity index (χ0n) is 17.6. The number of para-hydroxylation sites is 1. The van der Waals surface area contributed by atoms with Gasteiger partial charge in [-0.3, -0.25) is 14.4 Å². The SMILES string of the molecule is CCOc1ccccc1C(=O)NCC(=O)OCC(=O)N[C@H](C)c1ccc(CC)cc1. The van der Waals surface area contributed by atoms with Gasteiger partial charge in [-0.2, -0.15) is 0 Å². The second-order valence-corrected chi connectivity index (χ2v) is 6.66. The number of esters is 1. The van der Waals surface area contributed by atoms with Crippen LogP contribution < -0.4 is 15.4 Å². The molecule has 0 bridgehead atoms. The molecule has 0 saturated heterocycles. The molecule has 30 heavy (non-hydrogen) atoms. The Balaban J connectivity index is 1.76. The number of benzene rings is 2. The highest BCUT2D eigenvalue weighted by Crippen LogP contribution is 2.17. The van der Waals surface area contributed by atoms with Crippen LogP contribution in [0.4, 0.5) is 0 Å². The van der Waals surface area contributed by atoms with Crippen LogP contribution in [0.2, 0.25) is 0 Å². The summed E-state index contributed by atoms with van der Waals surface area (Å²) in [5, 5.41) is 5.25. The van der Waals surface area contributed by atoms with E-state index >= 15 is 0 Å². The van der Waals surface area contributed by atoms with Gasteiger partial charge < -0.3 is 20.1 Å². The molecule has 0 aliphatic rings. The maximum atomic E-state index is 12.3. The van der Waals surface area contributed by atoms with Crippen LogP contribution in [0.25, 0.3) is 0 Å². The van der Waals surface area contributed by atoms with Gasteiger partial charge in [-0.15, -0.1) is 0 Å². The fourth-order valence-corrected chi connectivity index (χ4v) is 2.79. The van der Waals surface area contributed by atoms with Gasteiger partial charge in [0.05, 0.1) is 18.2 Å². The molecule has 160 valence electrons. The van der Waals surface area contributed by atoms with Crippen LogP contribution in [0, 0.1) is 0 Å². The lowest BCUT2D eigenvalue weighted by atomic mass is 10.1. The van der Waals surface area contributed by atoms with Crippen LogP contribution in [-0.2, 0) is 20.7 Å². The van der Waals surface area contributed by atoms with E-state index in [4.69, 9.17) is 9.47 Å². The van der Waals surface area contributed by atoms with Gasteiger partial charge in [0.15, 0.2) is 6.61 Å². The van der Waals surface area contributed by atoms with Crippen molar-refractivity contribution in [1.82, 2.24) is 10.6 Å². The predicted molar refractivity (Wildman–Crippen MR) is 113 cm³/mol. The molecule has 0 radical (unpaired) electrons. The second-order valence-electron chi connectivity index (χ2n) is 6.66. The smallest absolute Gasteiger partial charge is 0.325 e. The third-order valence-corrected chi connectivity index (χ3v) is 4.45. The van der Waals surface area contributed by atoms with Gasteiger partial charge >= 0.3 is 5.97 Å². The van der Waals surface area contributed by atoms with Crippen LogP contribution in [0.3, 0.4) is 0 Å². The molecule has 7 nitrogen and oxygen atoms in total. The number of amides is 2. The monoisotopic (exact) mass is 412 g/mol. The summed E-state index contributed by atoms with van der Waals surface area (Å²) in [6.45, 7) is 5.41. The molecule has 0 aliphatic carbocycles. The van der Waals surface area contributed by atoms with Crippen molar-refractivity contribution in [2.24, 2.45) is 0 Å². The molecular formula is C23H28N2O5. The number of hydrogen-bond donors (Lipinski definition) is 2. The number of hydrogen-bond acceptors (Lipinski definition) is 5. The minimum atomic E-state index is -0.702. The predicted octanol–water partition coefficient (Wildman–Crippen LogP) is 2.80. The fourth-order valence-electron chi connectivity index (χ4n) is 2.79. The number of nitrogens with one attached hydrogen (secondary N) is 2. The van der Waals surface area contributed by atoms with E-state index < -0.39 is 24.4 Å². The first kappa shape index (κ1) is 22.9. The van der Waals surface area contributed by atoms with Crippen molar-refractivity contribution in [2.45, 2.75) is 33.2 Å². The zero-order valence-corrected chi connectivity index (χ0v) is 17.6. The van der Waals surface area contributed by atoms with Crippen molar-refractivity contribution in [3.8, 4) is 5.75 Å². The molecule has 2 aromatic carbocycles. The van der Waals surface area contributed by atoms with Crippen LogP contribution >= 0.6 is 0 Å². The first-order valence-corrected chi connectivity index (χ1v) is 9.98. The topological polar surface area (TPSA) is 93.7 Å². The van der Waals surface area contributed by atoms with Gasteiger partial charge in [0.2, 0.25) is 0 Å². The van der Waals surface area contributed by atoms with Gasteiger partial charge in [-0.05, 0) is 43.5 Å². The Morgan fingerprint density at radius 1 is 1.00 bits per heavy atom. The summed E-state index contributed by atoms with van der Waals surface area (Å²) in [4.78, 5) is 36.2. The van der Waals surface area contributed by atoms with Gasteiger partial charge in [0, 0.05) is 0 Å².